The largest absolute Gasteiger partial charge is 0.377 e. The van der Waals surface area contributed by atoms with Gasteiger partial charge in [0.15, 0.2) is 5.96 Å². The minimum Gasteiger partial charge on any atom is -0.377 e. The first kappa shape index (κ1) is 27.3. The van der Waals surface area contributed by atoms with Crippen LogP contribution in [0.1, 0.15) is 56.8 Å². The van der Waals surface area contributed by atoms with Gasteiger partial charge in [-0.25, -0.2) is 0 Å². The Morgan fingerprint density at radius 3 is 2.56 bits per heavy atom. The zero-order valence-corrected chi connectivity index (χ0v) is 22.6. The molecule has 2 heterocycles. The summed E-state index contributed by atoms with van der Waals surface area (Å²) in [7, 11) is 1.86. The van der Waals surface area contributed by atoms with E-state index in [1.165, 1.54) is 17.5 Å². The minimum atomic E-state index is 0. The third-order valence-electron chi connectivity index (χ3n) is 6.39. The second kappa shape index (κ2) is 14.4. The van der Waals surface area contributed by atoms with Crippen LogP contribution in [0.2, 0.25) is 0 Å². The molecule has 0 saturated carbocycles. The highest BCUT2D eigenvalue weighted by Crippen LogP contribution is 2.33. The molecule has 2 atom stereocenters. The van der Waals surface area contributed by atoms with E-state index < -0.39 is 0 Å². The van der Waals surface area contributed by atoms with E-state index in [0.717, 1.165) is 64.6 Å². The Morgan fingerprint density at radius 2 is 1.91 bits per heavy atom. The maximum atomic E-state index is 6.18. The number of hydrogen-bond acceptors (Lipinski definition) is 4. The number of aryl methyl sites for hydroxylation is 1. The van der Waals surface area contributed by atoms with Gasteiger partial charge < -0.3 is 25.0 Å². The van der Waals surface area contributed by atoms with Crippen molar-refractivity contribution < 1.29 is 9.47 Å². The first-order chi connectivity index (χ1) is 15.0. The first-order valence-corrected chi connectivity index (χ1v) is 12.0. The monoisotopic (exact) mass is 558 g/mol. The number of benzene rings is 1. The molecule has 182 valence electrons. The number of ether oxygens (including phenoxy) is 2. The number of likely N-dealkylation sites (tertiary alicyclic amines) is 1. The van der Waals surface area contributed by atoms with Crippen LogP contribution in [0.15, 0.2) is 29.3 Å². The van der Waals surface area contributed by atoms with Gasteiger partial charge in [0.25, 0.3) is 0 Å². The van der Waals surface area contributed by atoms with Gasteiger partial charge in [-0.1, -0.05) is 29.8 Å². The van der Waals surface area contributed by atoms with Gasteiger partial charge in [-0.2, -0.15) is 0 Å². The van der Waals surface area contributed by atoms with Crippen LogP contribution in [0.5, 0.6) is 0 Å². The molecule has 2 saturated heterocycles. The zero-order valence-electron chi connectivity index (χ0n) is 20.3. The lowest BCUT2D eigenvalue weighted by atomic mass is 9.89. The fourth-order valence-electron chi connectivity index (χ4n) is 4.51. The Kier molecular flexibility index (Phi) is 12.3. The Morgan fingerprint density at radius 1 is 1.19 bits per heavy atom. The number of hydrogen-bond donors (Lipinski definition) is 2. The van der Waals surface area contributed by atoms with Crippen LogP contribution in [0, 0.1) is 12.8 Å². The van der Waals surface area contributed by atoms with Gasteiger partial charge in [0, 0.05) is 51.8 Å². The maximum absolute atomic E-state index is 6.18. The molecule has 32 heavy (non-hydrogen) atoms. The summed E-state index contributed by atoms with van der Waals surface area (Å²) in [4.78, 5) is 6.99. The normalized spacial score (nSPS) is 23.1. The van der Waals surface area contributed by atoms with Crippen molar-refractivity contribution in [2.45, 2.75) is 64.7 Å². The number of piperidine rings is 1. The third-order valence-corrected chi connectivity index (χ3v) is 6.39. The maximum Gasteiger partial charge on any atom is 0.191 e. The van der Waals surface area contributed by atoms with Crippen molar-refractivity contribution in [3.63, 3.8) is 0 Å². The molecule has 1 aromatic rings. The summed E-state index contributed by atoms with van der Waals surface area (Å²) in [6, 6.07) is 9.26. The lowest BCUT2D eigenvalue weighted by Gasteiger charge is -2.34. The highest BCUT2D eigenvalue weighted by atomic mass is 127. The van der Waals surface area contributed by atoms with E-state index in [1.807, 2.05) is 7.05 Å². The molecule has 2 fully saturated rings. The molecular weight excluding hydrogens is 515 g/mol. The number of nitrogens with one attached hydrogen (secondary N) is 2. The first-order valence-electron chi connectivity index (χ1n) is 12.0. The van der Waals surface area contributed by atoms with Crippen LogP contribution in [0.3, 0.4) is 0 Å². The Balaban J connectivity index is 0.00000363. The number of nitrogens with zero attached hydrogens (tertiary/aromatic N) is 2. The molecule has 0 aromatic heterocycles. The average molecular weight is 559 g/mol. The van der Waals surface area contributed by atoms with Crippen LogP contribution in [-0.4, -0.2) is 69.4 Å². The van der Waals surface area contributed by atoms with Crippen LogP contribution in [0.4, 0.5) is 0 Å². The summed E-state index contributed by atoms with van der Waals surface area (Å²) in [6.45, 7) is 12.1. The van der Waals surface area contributed by atoms with Crippen LogP contribution in [0.25, 0.3) is 0 Å². The molecule has 7 heteroatoms. The van der Waals surface area contributed by atoms with E-state index in [2.05, 4.69) is 65.6 Å². The summed E-state index contributed by atoms with van der Waals surface area (Å²) >= 11 is 0. The molecule has 3 rings (SSSR count). The van der Waals surface area contributed by atoms with E-state index in [-0.39, 0.29) is 30.1 Å². The summed E-state index contributed by atoms with van der Waals surface area (Å²) < 4.78 is 11.9. The standard InChI is InChI=1S/C25H42N4O2.HI/c1-19(2)30-17-15-29-13-11-23(12-14-29)28-25(26-4)27-18-22-6-5-16-31-24(22)21-9-7-20(3)8-10-21;/h7-10,19,22-24H,5-6,11-18H2,1-4H3,(H2,26,27,28);1H. The van der Waals surface area contributed by atoms with Gasteiger partial charge in [-0.3, -0.25) is 4.99 Å². The predicted octanol–water partition coefficient (Wildman–Crippen LogP) is 4.14. The Bertz CT molecular complexity index is 675. The molecule has 0 amide bonds. The van der Waals surface area contributed by atoms with Crippen LogP contribution in [-0.2, 0) is 9.47 Å². The molecule has 2 aliphatic rings. The minimum absolute atomic E-state index is 0. The van der Waals surface area contributed by atoms with Crippen molar-refractivity contribution in [1.82, 2.24) is 15.5 Å². The molecule has 0 spiro atoms. The van der Waals surface area contributed by atoms with Crippen molar-refractivity contribution in [2.24, 2.45) is 10.9 Å². The molecular formula is C25H43IN4O2. The molecule has 6 nitrogen and oxygen atoms in total. The quantitative estimate of drug-likeness (QED) is 0.286. The lowest BCUT2D eigenvalue weighted by molar-refractivity contribution is -0.0265. The third kappa shape index (κ3) is 8.80. The molecule has 2 aliphatic heterocycles. The van der Waals surface area contributed by atoms with E-state index in [1.54, 1.807) is 0 Å². The molecule has 0 radical (unpaired) electrons. The molecule has 1 aromatic carbocycles. The fraction of sp³-hybridized carbons (Fsp3) is 0.720. The molecule has 2 unspecified atom stereocenters. The topological polar surface area (TPSA) is 58.1 Å². The molecule has 2 N–H and O–H groups in total. The highest BCUT2D eigenvalue weighted by Gasteiger charge is 2.28. The SMILES string of the molecule is CN=C(NCC1CCCOC1c1ccc(C)cc1)NC1CCN(CCOC(C)C)CC1.I. The molecule has 0 bridgehead atoms. The van der Waals surface area contributed by atoms with Gasteiger partial charge in [-0.15, -0.1) is 24.0 Å². The van der Waals surface area contributed by atoms with Gasteiger partial charge in [0.05, 0.1) is 18.8 Å². The summed E-state index contributed by atoms with van der Waals surface area (Å²) in [5, 5.41) is 7.22. The van der Waals surface area contributed by atoms with E-state index in [4.69, 9.17) is 9.47 Å². The van der Waals surface area contributed by atoms with Crippen molar-refractivity contribution in [1.29, 1.82) is 0 Å². The fourth-order valence-corrected chi connectivity index (χ4v) is 4.51. The van der Waals surface area contributed by atoms with E-state index in [0.29, 0.717) is 18.1 Å². The van der Waals surface area contributed by atoms with Gasteiger partial charge in [-0.05, 0) is 52.0 Å². The Hall–Kier alpha value is -0.900. The second-order valence-electron chi connectivity index (χ2n) is 9.24. The van der Waals surface area contributed by atoms with Crippen LogP contribution >= 0.6 is 24.0 Å². The number of guanidine groups is 1. The predicted molar refractivity (Wildman–Crippen MR) is 143 cm³/mol. The van der Waals surface area contributed by atoms with Gasteiger partial charge >= 0.3 is 0 Å². The smallest absolute Gasteiger partial charge is 0.191 e. The summed E-state index contributed by atoms with van der Waals surface area (Å²) in [6.07, 6.45) is 5.06. The van der Waals surface area contributed by atoms with Crippen molar-refractivity contribution in [2.75, 3.05) is 46.4 Å². The van der Waals surface area contributed by atoms with Crippen LogP contribution < -0.4 is 10.6 Å². The van der Waals surface area contributed by atoms with E-state index in [9.17, 15) is 0 Å². The Labute approximate surface area is 211 Å². The average Bonchev–Trinajstić information content (AvgIpc) is 2.78. The second-order valence-corrected chi connectivity index (χ2v) is 9.24. The number of aliphatic imine (C=N–C) groups is 1. The molecule has 0 aliphatic carbocycles. The zero-order chi connectivity index (χ0) is 22.1. The van der Waals surface area contributed by atoms with Gasteiger partial charge in [0.2, 0.25) is 0 Å². The number of rotatable bonds is 8. The van der Waals surface area contributed by atoms with Crippen molar-refractivity contribution in [3.05, 3.63) is 35.4 Å². The van der Waals surface area contributed by atoms with Crippen molar-refractivity contribution in [3.8, 4) is 0 Å². The summed E-state index contributed by atoms with van der Waals surface area (Å²) in [5.41, 5.74) is 2.58. The number of halogens is 1. The summed E-state index contributed by atoms with van der Waals surface area (Å²) in [5.74, 6) is 1.37. The lowest BCUT2D eigenvalue weighted by Crippen LogP contribution is -2.50. The highest BCUT2D eigenvalue weighted by molar-refractivity contribution is 14.0. The van der Waals surface area contributed by atoms with Gasteiger partial charge in [0.1, 0.15) is 0 Å². The van der Waals surface area contributed by atoms with Crippen molar-refractivity contribution >= 4 is 29.9 Å². The van der Waals surface area contributed by atoms with E-state index >= 15 is 0 Å².